The molecule has 6 heteroatoms. The molecule has 29 heavy (non-hydrogen) atoms. The lowest BCUT2D eigenvalue weighted by molar-refractivity contribution is -0.134. The topological polar surface area (TPSA) is 39.2 Å². The SMILES string of the molecule is Cc1cccc(C2=NN(C(=O)CN3CCN(C)CC3)[C@H](c3ccccc3Cl)C2)c1. The van der Waals surface area contributed by atoms with Crippen LogP contribution in [-0.2, 0) is 4.79 Å². The van der Waals surface area contributed by atoms with Gasteiger partial charge in [-0.1, -0.05) is 59.6 Å². The summed E-state index contributed by atoms with van der Waals surface area (Å²) in [5.41, 5.74) is 4.14. The Bertz CT molecular complexity index is 921. The zero-order chi connectivity index (χ0) is 20.4. The number of nitrogens with zero attached hydrogens (tertiary/aromatic N) is 4. The molecule has 1 saturated heterocycles. The lowest BCUT2D eigenvalue weighted by Gasteiger charge is -2.33. The summed E-state index contributed by atoms with van der Waals surface area (Å²) in [6.45, 7) is 6.24. The number of rotatable bonds is 4. The van der Waals surface area contributed by atoms with E-state index in [0.717, 1.165) is 43.0 Å². The van der Waals surface area contributed by atoms with Crippen molar-refractivity contribution in [3.8, 4) is 0 Å². The second-order valence-corrected chi connectivity index (χ2v) is 8.38. The van der Waals surface area contributed by atoms with Crippen LogP contribution in [0.3, 0.4) is 0 Å². The van der Waals surface area contributed by atoms with Crippen molar-refractivity contribution < 1.29 is 4.79 Å². The van der Waals surface area contributed by atoms with E-state index in [0.29, 0.717) is 18.0 Å². The van der Waals surface area contributed by atoms with Crippen molar-refractivity contribution in [2.45, 2.75) is 19.4 Å². The van der Waals surface area contributed by atoms with Gasteiger partial charge in [0.2, 0.25) is 0 Å². The first-order valence-electron chi connectivity index (χ1n) is 10.1. The predicted octanol–water partition coefficient (Wildman–Crippen LogP) is 3.57. The molecule has 0 aliphatic carbocycles. The van der Waals surface area contributed by atoms with E-state index in [1.807, 2.05) is 30.3 Å². The molecule has 2 aromatic carbocycles. The highest BCUT2D eigenvalue weighted by molar-refractivity contribution is 6.31. The van der Waals surface area contributed by atoms with Crippen LogP contribution in [-0.4, -0.2) is 66.2 Å². The maximum absolute atomic E-state index is 13.3. The zero-order valence-electron chi connectivity index (χ0n) is 17.0. The van der Waals surface area contributed by atoms with Gasteiger partial charge in [0.25, 0.3) is 5.91 Å². The maximum atomic E-state index is 13.3. The highest BCUT2D eigenvalue weighted by Crippen LogP contribution is 2.36. The number of benzene rings is 2. The van der Waals surface area contributed by atoms with Crippen molar-refractivity contribution in [1.82, 2.24) is 14.8 Å². The van der Waals surface area contributed by atoms with Gasteiger partial charge in [-0.05, 0) is 31.2 Å². The van der Waals surface area contributed by atoms with E-state index in [-0.39, 0.29) is 11.9 Å². The Morgan fingerprint density at radius 1 is 1.10 bits per heavy atom. The standard InChI is InChI=1S/C23H27ClN4O/c1-17-6-5-7-18(14-17)21-15-22(19-8-3-4-9-20(19)24)28(25-21)23(29)16-27-12-10-26(2)11-13-27/h3-9,14,22H,10-13,15-16H2,1-2H3/t22-/m0/s1. The molecule has 0 spiro atoms. The molecular formula is C23H27ClN4O. The minimum atomic E-state index is -0.167. The fourth-order valence-electron chi connectivity index (χ4n) is 4.00. The summed E-state index contributed by atoms with van der Waals surface area (Å²) in [4.78, 5) is 17.8. The largest absolute Gasteiger partial charge is 0.304 e. The van der Waals surface area contributed by atoms with Gasteiger partial charge in [0.15, 0.2) is 0 Å². The lowest BCUT2D eigenvalue weighted by Crippen LogP contribution is -2.48. The van der Waals surface area contributed by atoms with Crippen LogP contribution >= 0.6 is 11.6 Å². The molecule has 0 aromatic heterocycles. The Morgan fingerprint density at radius 2 is 1.86 bits per heavy atom. The quantitative estimate of drug-likeness (QED) is 0.773. The van der Waals surface area contributed by atoms with Gasteiger partial charge in [-0.25, -0.2) is 5.01 Å². The van der Waals surface area contributed by atoms with Gasteiger partial charge < -0.3 is 4.90 Å². The fourth-order valence-corrected chi connectivity index (χ4v) is 4.26. The van der Waals surface area contributed by atoms with Gasteiger partial charge in [0.1, 0.15) is 0 Å². The molecule has 0 unspecified atom stereocenters. The number of hydrogen-bond donors (Lipinski definition) is 0. The summed E-state index contributed by atoms with van der Waals surface area (Å²) < 4.78 is 0. The number of carbonyl (C=O) groups is 1. The maximum Gasteiger partial charge on any atom is 0.257 e. The minimum absolute atomic E-state index is 0.0297. The molecule has 2 aliphatic rings. The van der Waals surface area contributed by atoms with E-state index in [9.17, 15) is 4.79 Å². The number of hydrogen-bond acceptors (Lipinski definition) is 4. The number of piperazine rings is 1. The van der Waals surface area contributed by atoms with E-state index >= 15 is 0 Å². The molecule has 5 nitrogen and oxygen atoms in total. The van der Waals surface area contributed by atoms with Crippen molar-refractivity contribution in [2.24, 2.45) is 5.10 Å². The molecular weight excluding hydrogens is 384 g/mol. The molecule has 152 valence electrons. The molecule has 1 atom stereocenters. The molecule has 0 bridgehead atoms. The van der Waals surface area contributed by atoms with Crippen molar-refractivity contribution >= 4 is 23.2 Å². The molecule has 4 rings (SSSR count). The summed E-state index contributed by atoms with van der Waals surface area (Å²) in [5, 5.41) is 7.12. The first-order valence-corrected chi connectivity index (χ1v) is 10.5. The van der Waals surface area contributed by atoms with Crippen LogP contribution in [0, 0.1) is 6.92 Å². The fraction of sp³-hybridized carbons (Fsp3) is 0.391. The van der Waals surface area contributed by atoms with E-state index in [1.165, 1.54) is 5.56 Å². The average molecular weight is 411 g/mol. The Balaban J connectivity index is 1.60. The Morgan fingerprint density at radius 3 is 2.59 bits per heavy atom. The molecule has 1 amide bonds. The monoisotopic (exact) mass is 410 g/mol. The first-order chi connectivity index (χ1) is 14.0. The summed E-state index contributed by atoms with van der Waals surface area (Å²) >= 11 is 6.50. The van der Waals surface area contributed by atoms with Crippen LogP contribution in [0.15, 0.2) is 53.6 Å². The molecule has 2 aliphatic heterocycles. The van der Waals surface area contributed by atoms with Gasteiger partial charge in [-0.3, -0.25) is 9.69 Å². The van der Waals surface area contributed by atoms with E-state index < -0.39 is 0 Å². The van der Waals surface area contributed by atoms with Crippen molar-refractivity contribution in [3.05, 3.63) is 70.2 Å². The Hall–Kier alpha value is -2.21. The van der Waals surface area contributed by atoms with Crippen molar-refractivity contribution in [3.63, 3.8) is 0 Å². The summed E-state index contributed by atoms with van der Waals surface area (Å²) in [7, 11) is 2.12. The first kappa shape index (κ1) is 20.1. The third kappa shape index (κ3) is 4.53. The van der Waals surface area contributed by atoms with Crippen LogP contribution in [0.2, 0.25) is 5.02 Å². The third-order valence-electron chi connectivity index (χ3n) is 5.74. The zero-order valence-corrected chi connectivity index (χ0v) is 17.8. The Kier molecular flexibility index (Phi) is 5.99. The summed E-state index contributed by atoms with van der Waals surface area (Å²) in [6.07, 6.45) is 0.668. The predicted molar refractivity (Wildman–Crippen MR) is 117 cm³/mol. The minimum Gasteiger partial charge on any atom is -0.304 e. The van der Waals surface area contributed by atoms with Crippen LogP contribution in [0.4, 0.5) is 0 Å². The van der Waals surface area contributed by atoms with Crippen LogP contribution < -0.4 is 0 Å². The second kappa shape index (κ2) is 8.66. The van der Waals surface area contributed by atoms with Crippen molar-refractivity contribution in [1.29, 1.82) is 0 Å². The number of likely N-dealkylation sites (N-methyl/N-ethyl adjacent to an activating group) is 1. The number of hydrazone groups is 1. The molecule has 1 fully saturated rings. The number of halogens is 1. The number of carbonyl (C=O) groups excluding carboxylic acids is 1. The number of amides is 1. The molecule has 2 aromatic rings. The highest BCUT2D eigenvalue weighted by atomic mass is 35.5. The normalized spacial score (nSPS) is 20.7. The lowest BCUT2D eigenvalue weighted by atomic mass is 9.97. The number of aryl methyl sites for hydroxylation is 1. The molecule has 0 N–H and O–H groups in total. The van der Waals surface area contributed by atoms with Gasteiger partial charge in [-0.15, -0.1) is 0 Å². The average Bonchev–Trinajstić information content (AvgIpc) is 3.15. The van der Waals surface area contributed by atoms with Gasteiger partial charge in [-0.2, -0.15) is 5.10 Å². The third-order valence-corrected chi connectivity index (χ3v) is 6.08. The molecule has 0 radical (unpaired) electrons. The smallest absolute Gasteiger partial charge is 0.257 e. The van der Waals surface area contributed by atoms with E-state index in [1.54, 1.807) is 5.01 Å². The molecule has 2 heterocycles. The van der Waals surface area contributed by atoms with Gasteiger partial charge in [0.05, 0.1) is 18.3 Å². The van der Waals surface area contributed by atoms with E-state index in [2.05, 4.69) is 42.0 Å². The summed E-state index contributed by atoms with van der Waals surface area (Å²) in [6, 6.07) is 15.9. The van der Waals surface area contributed by atoms with Gasteiger partial charge in [0, 0.05) is 37.6 Å². The van der Waals surface area contributed by atoms with Crippen LogP contribution in [0.25, 0.3) is 0 Å². The molecule has 0 saturated carbocycles. The summed E-state index contributed by atoms with van der Waals surface area (Å²) in [5.74, 6) is 0.0297. The van der Waals surface area contributed by atoms with Crippen LogP contribution in [0.1, 0.15) is 29.2 Å². The van der Waals surface area contributed by atoms with Gasteiger partial charge >= 0.3 is 0 Å². The second-order valence-electron chi connectivity index (χ2n) is 7.98. The van der Waals surface area contributed by atoms with Crippen molar-refractivity contribution in [2.75, 3.05) is 39.8 Å². The Labute approximate surface area is 177 Å². The highest BCUT2D eigenvalue weighted by Gasteiger charge is 2.35. The van der Waals surface area contributed by atoms with E-state index in [4.69, 9.17) is 16.7 Å². The van der Waals surface area contributed by atoms with Crippen LogP contribution in [0.5, 0.6) is 0 Å².